The minimum atomic E-state index is 0. The van der Waals surface area contributed by atoms with E-state index in [0.717, 1.165) is 38.5 Å². The van der Waals surface area contributed by atoms with Crippen LogP contribution in [-0.4, -0.2) is 44.2 Å². The molecular weight excluding hydrogens is 401 g/mol. The summed E-state index contributed by atoms with van der Waals surface area (Å²) in [5.74, 6) is 0.942. The van der Waals surface area contributed by atoms with E-state index in [1.807, 2.05) is 7.05 Å². The smallest absolute Gasteiger partial charge is 0.193 e. The van der Waals surface area contributed by atoms with Crippen molar-refractivity contribution in [3.63, 3.8) is 0 Å². The third-order valence-corrected chi connectivity index (χ3v) is 4.20. The maximum Gasteiger partial charge on any atom is 0.193 e. The molecule has 1 aliphatic heterocycles. The molecule has 1 N–H and O–H groups in total. The molecule has 1 unspecified atom stereocenters. The van der Waals surface area contributed by atoms with Crippen LogP contribution in [-0.2, 0) is 17.7 Å². The quantitative estimate of drug-likeness (QED) is 0.426. The van der Waals surface area contributed by atoms with Crippen LogP contribution in [0.5, 0.6) is 0 Å². The van der Waals surface area contributed by atoms with E-state index >= 15 is 0 Å². The second-order valence-electron chi connectivity index (χ2n) is 5.92. The predicted octanol–water partition coefficient (Wildman–Crippen LogP) is 3.44. The average molecular weight is 431 g/mol. The van der Waals surface area contributed by atoms with Gasteiger partial charge in [0.25, 0.3) is 0 Å². The van der Waals surface area contributed by atoms with Crippen LogP contribution >= 0.6 is 24.0 Å². The molecule has 4 nitrogen and oxygen atoms in total. The van der Waals surface area contributed by atoms with Crippen molar-refractivity contribution in [1.82, 2.24) is 10.2 Å². The van der Waals surface area contributed by atoms with Gasteiger partial charge in [0.1, 0.15) is 0 Å². The summed E-state index contributed by atoms with van der Waals surface area (Å²) in [5, 5.41) is 3.43. The Balaban J connectivity index is 0.00000264. The average Bonchev–Trinajstić information content (AvgIpc) is 3.05. The van der Waals surface area contributed by atoms with Gasteiger partial charge >= 0.3 is 0 Å². The van der Waals surface area contributed by atoms with Gasteiger partial charge in [-0.15, -0.1) is 24.0 Å². The van der Waals surface area contributed by atoms with E-state index in [2.05, 4.69) is 53.4 Å². The molecule has 0 aliphatic carbocycles. The first kappa shape index (κ1) is 20.2. The summed E-state index contributed by atoms with van der Waals surface area (Å²) in [5.41, 5.74) is 2.69. The molecule has 1 aliphatic rings. The minimum Gasteiger partial charge on any atom is -0.378 e. The van der Waals surface area contributed by atoms with Crippen LogP contribution < -0.4 is 5.32 Å². The maximum absolute atomic E-state index is 5.65. The van der Waals surface area contributed by atoms with Crippen molar-refractivity contribution >= 4 is 29.9 Å². The molecule has 23 heavy (non-hydrogen) atoms. The molecule has 1 fully saturated rings. The predicted molar refractivity (Wildman–Crippen MR) is 108 cm³/mol. The molecule has 0 bridgehead atoms. The molecule has 1 aromatic rings. The van der Waals surface area contributed by atoms with Gasteiger partial charge in [-0.1, -0.05) is 31.2 Å². The summed E-state index contributed by atoms with van der Waals surface area (Å²) in [4.78, 5) is 6.54. The van der Waals surface area contributed by atoms with Gasteiger partial charge in [-0.2, -0.15) is 0 Å². The van der Waals surface area contributed by atoms with Crippen molar-refractivity contribution in [2.75, 3.05) is 27.2 Å². The SMILES string of the molecule is CCc1ccc(CN(C)C(=NC)NCCC2CCCO2)cc1.I. The van der Waals surface area contributed by atoms with Gasteiger partial charge < -0.3 is 15.0 Å². The number of hydrogen-bond acceptors (Lipinski definition) is 2. The van der Waals surface area contributed by atoms with Crippen LogP contribution in [0, 0.1) is 0 Å². The molecular formula is C18H30IN3O. The largest absolute Gasteiger partial charge is 0.378 e. The first-order valence-electron chi connectivity index (χ1n) is 8.34. The third-order valence-electron chi connectivity index (χ3n) is 4.20. The molecule has 0 aromatic heterocycles. The number of nitrogens with zero attached hydrogens (tertiary/aromatic N) is 2. The summed E-state index contributed by atoms with van der Waals surface area (Å²) >= 11 is 0. The van der Waals surface area contributed by atoms with Crippen LogP contribution in [0.25, 0.3) is 0 Å². The second-order valence-corrected chi connectivity index (χ2v) is 5.92. The zero-order chi connectivity index (χ0) is 15.8. The highest BCUT2D eigenvalue weighted by molar-refractivity contribution is 14.0. The Morgan fingerprint density at radius 2 is 2.00 bits per heavy atom. The summed E-state index contributed by atoms with van der Waals surface area (Å²) in [7, 11) is 3.92. The fourth-order valence-corrected chi connectivity index (χ4v) is 2.83. The van der Waals surface area contributed by atoms with E-state index in [1.54, 1.807) is 0 Å². The molecule has 2 rings (SSSR count). The van der Waals surface area contributed by atoms with Gasteiger partial charge in [0, 0.05) is 33.8 Å². The zero-order valence-electron chi connectivity index (χ0n) is 14.5. The topological polar surface area (TPSA) is 36.9 Å². The molecule has 1 atom stereocenters. The van der Waals surface area contributed by atoms with Gasteiger partial charge in [0.05, 0.1) is 6.10 Å². The number of guanidine groups is 1. The Morgan fingerprint density at radius 1 is 1.30 bits per heavy atom. The van der Waals surface area contributed by atoms with Gasteiger partial charge in [0.15, 0.2) is 5.96 Å². The monoisotopic (exact) mass is 431 g/mol. The van der Waals surface area contributed by atoms with Crippen LogP contribution in [0.3, 0.4) is 0 Å². The highest BCUT2D eigenvalue weighted by Gasteiger charge is 2.15. The Labute approximate surface area is 157 Å². The van der Waals surface area contributed by atoms with E-state index in [9.17, 15) is 0 Å². The van der Waals surface area contributed by atoms with Crippen LogP contribution in [0.2, 0.25) is 0 Å². The number of nitrogens with one attached hydrogen (secondary N) is 1. The molecule has 0 saturated carbocycles. The lowest BCUT2D eigenvalue weighted by atomic mass is 10.1. The van der Waals surface area contributed by atoms with Gasteiger partial charge in [-0.3, -0.25) is 4.99 Å². The van der Waals surface area contributed by atoms with Crippen molar-refractivity contribution in [2.45, 2.75) is 45.3 Å². The summed E-state index contributed by atoms with van der Waals surface area (Å²) < 4.78 is 5.65. The number of rotatable bonds is 6. The Hall–Kier alpha value is -0.820. The second kappa shape index (κ2) is 10.9. The lowest BCUT2D eigenvalue weighted by molar-refractivity contribution is 0.105. The normalized spacial score (nSPS) is 17.7. The highest BCUT2D eigenvalue weighted by Crippen LogP contribution is 2.14. The molecule has 0 spiro atoms. The Kier molecular flexibility index (Phi) is 9.55. The van der Waals surface area contributed by atoms with Crippen molar-refractivity contribution in [1.29, 1.82) is 0 Å². The first-order chi connectivity index (χ1) is 10.7. The number of halogens is 1. The molecule has 5 heteroatoms. The first-order valence-corrected chi connectivity index (χ1v) is 8.34. The van der Waals surface area contributed by atoms with Crippen LogP contribution in [0.1, 0.15) is 37.3 Å². The fourth-order valence-electron chi connectivity index (χ4n) is 2.83. The van der Waals surface area contributed by atoms with Crippen LogP contribution in [0.4, 0.5) is 0 Å². The van der Waals surface area contributed by atoms with Crippen molar-refractivity contribution in [3.05, 3.63) is 35.4 Å². The van der Waals surface area contributed by atoms with Gasteiger partial charge in [0.2, 0.25) is 0 Å². The number of benzene rings is 1. The summed E-state index contributed by atoms with van der Waals surface area (Å²) in [6.45, 7) is 4.88. The van der Waals surface area contributed by atoms with Crippen molar-refractivity contribution < 1.29 is 4.74 Å². The maximum atomic E-state index is 5.65. The van der Waals surface area contributed by atoms with E-state index in [-0.39, 0.29) is 24.0 Å². The van der Waals surface area contributed by atoms with Gasteiger partial charge in [-0.25, -0.2) is 0 Å². The van der Waals surface area contributed by atoms with E-state index < -0.39 is 0 Å². The van der Waals surface area contributed by atoms with Gasteiger partial charge in [-0.05, 0) is 36.8 Å². The lowest BCUT2D eigenvalue weighted by Crippen LogP contribution is -2.39. The summed E-state index contributed by atoms with van der Waals surface area (Å²) in [6.07, 6.45) is 4.96. The van der Waals surface area contributed by atoms with Crippen LogP contribution in [0.15, 0.2) is 29.3 Å². The van der Waals surface area contributed by atoms with E-state index in [4.69, 9.17) is 4.74 Å². The minimum absolute atomic E-state index is 0. The van der Waals surface area contributed by atoms with E-state index in [1.165, 1.54) is 24.0 Å². The fraction of sp³-hybridized carbons (Fsp3) is 0.611. The number of aryl methyl sites for hydroxylation is 1. The summed E-state index contributed by atoms with van der Waals surface area (Å²) in [6, 6.07) is 8.82. The molecule has 0 amide bonds. The standard InChI is InChI=1S/C18H29N3O.HI/c1-4-15-7-9-16(10-8-15)14-21(3)18(19-2)20-12-11-17-6-5-13-22-17;/h7-10,17H,4-6,11-14H2,1-3H3,(H,19,20);1H. The molecule has 130 valence electrons. The Morgan fingerprint density at radius 3 is 2.57 bits per heavy atom. The third kappa shape index (κ3) is 6.67. The number of ether oxygens (including phenoxy) is 1. The Bertz CT molecular complexity index is 470. The van der Waals surface area contributed by atoms with E-state index in [0.29, 0.717) is 6.10 Å². The number of hydrogen-bond donors (Lipinski definition) is 1. The molecule has 1 saturated heterocycles. The highest BCUT2D eigenvalue weighted by atomic mass is 127. The molecule has 0 radical (unpaired) electrons. The number of aliphatic imine (C=N–C) groups is 1. The van der Waals surface area contributed by atoms with Crippen molar-refractivity contribution in [3.8, 4) is 0 Å². The van der Waals surface area contributed by atoms with Crippen molar-refractivity contribution in [2.24, 2.45) is 4.99 Å². The zero-order valence-corrected chi connectivity index (χ0v) is 16.9. The molecule has 1 heterocycles. The molecule has 1 aromatic carbocycles. The lowest BCUT2D eigenvalue weighted by Gasteiger charge is -2.23.